The predicted molar refractivity (Wildman–Crippen MR) is 105 cm³/mol. The first-order valence-electron chi connectivity index (χ1n) is 9.42. The summed E-state index contributed by atoms with van der Waals surface area (Å²) in [4.78, 5) is 18.4. The lowest BCUT2D eigenvalue weighted by Crippen LogP contribution is -2.27. The van der Waals surface area contributed by atoms with Gasteiger partial charge in [-0.05, 0) is 31.9 Å². The van der Waals surface area contributed by atoms with Gasteiger partial charge in [-0.1, -0.05) is 18.2 Å². The lowest BCUT2D eigenvalue weighted by molar-refractivity contribution is -0.275. The number of para-hydroxylation sites is 1. The molecule has 162 valence electrons. The van der Waals surface area contributed by atoms with Crippen molar-refractivity contribution >= 4 is 11.6 Å². The number of amides is 1. The Balaban J connectivity index is 1.71. The summed E-state index contributed by atoms with van der Waals surface area (Å²) in [6.07, 6.45) is -2.85. The fraction of sp³-hybridized carbons (Fsp3) is 0.333. The van der Waals surface area contributed by atoms with Crippen LogP contribution < -0.4 is 4.74 Å². The number of fused-ring (bicyclic) bond motifs is 1. The number of carbonyl (C=O) groups excluding carboxylic acids is 1. The van der Waals surface area contributed by atoms with Crippen LogP contribution in [0.3, 0.4) is 0 Å². The first kappa shape index (κ1) is 22.1. The molecule has 0 radical (unpaired) electrons. The van der Waals surface area contributed by atoms with Gasteiger partial charge in [0.25, 0.3) is 0 Å². The smallest absolute Gasteiger partial charge is 0.405 e. The molecule has 0 saturated heterocycles. The molecular weight excluding hydrogens is 411 g/mol. The number of hydrogen-bond donors (Lipinski definition) is 0. The number of nitriles is 1. The Morgan fingerprint density at radius 3 is 2.68 bits per heavy atom. The van der Waals surface area contributed by atoms with E-state index in [1.807, 2.05) is 13.0 Å². The van der Waals surface area contributed by atoms with Gasteiger partial charge in [-0.2, -0.15) is 10.4 Å². The highest BCUT2D eigenvalue weighted by atomic mass is 19.4. The molecule has 0 unspecified atom stereocenters. The predicted octanol–water partition coefficient (Wildman–Crippen LogP) is 3.71. The van der Waals surface area contributed by atoms with Crippen molar-refractivity contribution in [3.63, 3.8) is 0 Å². The molecule has 0 aliphatic heterocycles. The molecular formula is C21H20F3N5O2. The molecule has 0 aliphatic carbocycles. The van der Waals surface area contributed by atoms with Crippen molar-refractivity contribution in [1.29, 1.82) is 5.26 Å². The highest BCUT2D eigenvalue weighted by Crippen LogP contribution is 2.27. The molecule has 2 aromatic heterocycles. The van der Waals surface area contributed by atoms with Crippen molar-refractivity contribution in [3.05, 3.63) is 58.5 Å². The van der Waals surface area contributed by atoms with E-state index in [0.29, 0.717) is 23.3 Å². The molecule has 0 bridgehead atoms. The van der Waals surface area contributed by atoms with E-state index >= 15 is 0 Å². The second-order valence-electron chi connectivity index (χ2n) is 7.07. The van der Waals surface area contributed by atoms with E-state index in [-0.39, 0.29) is 30.2 Å². The van der Waals surface area contributed by atoms with Crippen molar-refractivity contribution in [2.45, 2.75) is 39.6 Å². The lowest BCUT2D eigenvalue weighted by Gasteiger charge is -2.20. The zero-order valence-electron chi connectivity index (χ0n) is 17.2. The molecule has 3 aromatic rings. The molecule has 0 N–H and O–H groups in total. The van der Waals surface area contributed by atoms with Crippen LogP contribution in [0.5, 0.6) is 5.75 Å². The molecule has 2 heterocycles. The fourth-order valence-corrected chi connectivity index (χ4v) is 3.38. The summed E-state index contributed by atoms with van der Waals surface area (Å²) in [6, 6.07) is 7.77. The monoisotopic (exact) mass is 431 g/mol. The van der Waals surface area contributed by atoms with Crippen molar-refractivity contribution in [1.82, 2.24) is 19.5 Å². The molecule has 0 aliphatic rings. The Hall–Kier alpha value is -3.61. The van der Waals surface area contributed by atoms with Crippen molar-refractivity contribution in [3.8, 4) is 11.8 Å². The van der Waals surface area contributed by atoms with E-state index in [0.717, 1.165) is 11.3 Å². The molecule has 1 amide bonds. The molecule has 0 spiro atoms. The Morgan fingerprint density at radius 1 is 1.29 bits per heavy atom. The number of alkyl halides is 3. The number of aromatic nitrogens is 3. The van der Waals surface area contributed by atoms with Crippen LogP contribution in [0.1, 0.15) is 34.5 Å². The fourth-order valence-electron chi connectivity index (χ4n) is 3.38. The van der Waals surface area contributed by atoms with E-state index in [1.54, 1.807) is 17.5 Å². The molecule has 1 aromatic carbocycles. The lowest BCUT2D eigenvalue weighted by atomic mass is 10.1. The van der Waals surface area contributed by atoms with E-state index in [1.165, 1.54) is 36.3 Å². The number of benzene rings is 1. The average Bonchev–Trinajstić information content (AvgIpc) is 3.10. The van der Waals surface area contributed by atoms with Crippen LogP contribution in [0, 0.1) is 25.2 Å². The van der Waals surface area contributed by atoms with Crippen LogP contribution in [-0.4, -0.2) is 38.8 Å². The van der Waals surface area contributed by atoms with Gasteiger partial charge < -0.3 is 9.64 Å². The van der Waals surface area contributed by atoms with Crippen LogP contribution in [0.2, 0.25) is 0 Å². The first-order valence-corrected chi connectivity index (χ1v) is 9.42. The van der Waals surface area contributed by atoms with Gasteiger partial charge >= 0.3 is 6.36 Å². The summed E-state index contributed by atoms with van der Waals surface area (Å²) in [7, 11) is 1.53. The van der Waals surface area contributed by atoms with Crippen molar-refractivity contribution in [2.75, 3.05) is 7.05 Å². The van der Waals surface area contributed by atoms with Gasteiger partial charge in [0.1, 0.15) is 17.4 Å². The molecule has 31 heavy (non-hydrogen) atoms. The first-order chi connectivity index (χ1) is 14.6. The van der Waals surface area contributed by atoms with E-state index in [9.17, 15) is 18.0 Å². The third kappa shape index (κ3) is 4.94. The molecule has 7 nitrogen and oxygen atoms in total. The van der Waals surface area contributed by atoms with Crippen LogP contribution in [0.25, 0.3) is 5.65 Å². The number of carbonyl (C=O) groups is 1. The summed E-state index contributed by atoms with van der Waals surface area (Å²) >= 11 is 0. The number of hydrogen-bond acceptors (Lipinski definition) is 5. The maximum absolute atomic E-state index is 12.6. The van der Waals surface area contributed by atoms with E-state index in [2.05, 4.69) is 14.8 Å². The van der Waals surface area contributed by atoms with Crippen LogP contribution in [0.4, 0.5) is 13.2 Å². The molecule has 0 saturated carbocycles. The zero-order chi connectivity index (χ0) is 22.8. The minimum absolute atomic E-state index is 0.0228. The summed E-state index contributed by atoms with van der Waals surface area (Å²) in [5, 5.41) is 13.3. The van der Waals surface area contributed by atoms with Crippen molar-refractivity contribution < 1.29 is 22.7 Å². The Labute approximate surface area is 176 Å². The number of rotatable bonds is 6. The quantitative estimate of drug-likeness (QED) is 0.594. The highest BCUT2D eigenvalue weighted by Gasteiger charge is 2.32. The number of ether oxygens (including phenoxy) is 1. The van der Waals surface area contributed by atoms with E-state index < -0.39 is 6.36 Å². The minimum atomic E-state index is -4.81. The Bertz CT molecular complexity index is 1160. The van der Waals surface area contributed by atoms with Gasteiger partial charge in [0.05, 0.1) is 6.20 Å². The molecule has 0 fully saturated rings. The number of aryl methyl sites for hydroxylation is 2. The standard InChI is InChI=1S/C21H20F3N5O2/c1-13-17(14(2)29-20(27-13)16(10-25)11-26-29)8-9-19(30)28(3)12-15-6-4-5-7-18(15)31-21(22,23)24/h4-7,11H,8-9,12H2,1-3H3. The van der Waals surface area contributed by atoms with Gasteiger partial charge in [0.2, 0.25) is 5.91 Å². The largest absolute Gasteiger partial charge is 0.573 e. The van der Waals surface area contributed by atoms with Crippen LogP contribution in [-0.2, 0) is 17.8 Å². The van der Waals surface area contributed by atoms with Crippen LogP contribution >= 0.6 is 0 Å². The number of halogens is 3. The third-order valence-corrected chi connectivity index (χ3v) is 4.95. The summed E-state index contributed by atoms with van der Waals surface area (Å²) in [6.45, 7) is 3.62. The number of nitrogens with zero attached hydrogens (tertiary/aromatic N) is 5. The summed E-state index contributed by atoms with van der Waals surface area (Å²) in [5.74, 6) is -0.568. The van der Waals surface area contributed by atoms with Gasteiger partial charge in [0, 0.05) is 37.0 Å². The SMILES string of the molecule is Cc1nc2c(C#N)cnn2c(C)c1CCC(=O)N(C)Cc1ccccc1OC(F)(F)F. The maximum atomic E-state index is 12.6. The molecule has 3 rings (SSSR count). The highest BCUT2D eigenvalue weighted by molar-refractivity contribution is 5.76. The second kappa shape index (κ2) is 8.63. The third-order valence-electron chi connectivity index (χ3n) is 4.95. The molecule has 0 atom stereocenters. The summed E-state index contributed by atoms with van der Waals surface area (Å²) in [5.41, 5.74) is 3.40. The zero-order valence-corrected chi connectivity index (χ0v) is 17.2. The van der Waals surface area contributed by atoms with Gasteiger partial charge in [-0.25, -0.2) is 9.50 Å². The van der Waals surface area contributed by atoms with Crippen LogP contribution in [0.15, 0.2) is 30.5 Å². The topological polar surface area (TPSA) is 83.5 Å². The molecule has 10 heteroatoms. The van der Waals surface area contributed by atoms with E-state index in [4.69, 9.17) is 5.26 Å². The van der Waals surface area contributed by atoms with Gasteiger partial charge in [0.15, 0.2) is 5.65 Å². The van der Waals surface area contributed by atoms with Gasteiger partial charge in [-0.3, -0.25) is 4.79 Å². The van der Waals surface area contributed by atoms with Crippen molar-refractivity contribution in [2.24, 2.45) is 0 Å². The maximum Gasteiger partial charge on any atom is 0.573 e. The Kier molecular flexibility index (Phi) is 6.15. The Morgan fingerprint density at radius 2 is 2.00 bits per heavy atom. The second-order valence-corrected chi connectivity index (χ2v) is 7.07. The normalized spacial score (nSPS) is 11.4. The van der Waals surface area contributed by atoms with Gasteiger partial charge in [-0.15, -0.1) is 13.2 Å². The average molecular weight is 431 g/mol. The summed E-state index contributed by atoms with van der Waals surface area (Å²) < 4.78 is 43.4. The minimum Gasteiger partial charge on any atom is -0.405 e.